The summed E-state index contributed by atoms with van der Waals surface area (Å²) < 4.78 is 4.99. The largest absolute Gasteiger partial charge is 0.465 e. The number of carbonyl (C=O) groups is 1. The summed E-state index contributed by atoms with van der Waals surface area (Å²) in [5.74, 6) is -0.181. The van der Waals surface area contributed by atoms with E-state index in [2.05, 4.69) is 13.2 Å². The third-order valence-electron chi connectivity index (χ3n) is 2.30. The highest BCUT2D eigenvalue weighted by Crippen LogP contribution is 2.27. The number of hydrogen-bond donors (Lipinski definition) is 0. The first-order valence-electron chi connectivity index (χ1n) is 5.02. The average molecular weight is 196 g/mol. The van der Waals surface area contributed by atoms with Crippen LogP contribution in [0.4, 0.5) is 0 Å². The Morgan fingerprint density at radius 2 is 2.14 bits per heavy atom. The molecule has 0 radical (unpaired) electrons. The first-order valence-corrected chi connectivity index (χ1v) is 5.02. The van der Waals surface area contributed by atoms with Crippen molar-refractivity contribution in [3.63, 3.8) is 0 Å². The Bertz CT molecular complexity index is 208. The van der Waals surface area contributed by atoms with Gasteiger partial charge in [-0.3, -0.25) is 4.79 Å². The summed E-state index contributed by atoms with van der Waals surface area (Å²) in [6.45, 7) is 11.4. The van der Waals surface area contributed by atoms with Crippen molar-refractivity contribution in [2.24, 2.45) is 5.41 Å². The Morgan fingerprint density at radius 3 is 2.57 bits per heavy atom. The first-order chi connectivity index (χ1) is 6.60. The molecule has 0 aliphatic heterocycles. The summed E-state index contributed by atoms with van der Waals surface area (Å²) in [6, 6.07) is 0. The van der Waals surface area contributed by atoms with Crippen molar-refractivity contribution in [3.8, 4) is 0 Å². The lowest BCUT2D eigenvalue weighted by Gasteiger charge is -2.22. The van der Waals surface area contributed by atoms with Gasteiger partial charge in [-0.25, -0.2) is 0 Å². The molecule has 0 aromatic carbocycles. The molecule has 0 amide bonds. The molecular weight excluding hydrogens is 176 g/mol. The van der Waals surface area contributed by atoms with E-state index in [1.54, 1.807) is 6.08 Å². The third kappa shape index (κ3) is 3.77. The minimum absolute atomic E-state index is 0.181. The molecule has 0 aromatic heterocycles. The fraction of sp³-hybridized carbons (Fsp3) is 0.583. The summed E-state index contributed by atoms with van der Waals surface area (Å²) in [7, 11) is 0. The van der Waals surface area contributed by atoms with E-state index in [1.165, 1.54) is 0 Å². The van der Waals surface area contributed by atoms with Crippen molar-refractivity contribution in [2.75, 3.05) is 6.61 Å². The van der Waals surface area contributed by atoms with Crippen molar-refractivity contribution < 1.29 is 9.53 Å². The molecule has 0 fully saturated rings. The predicted octanol–water partition coefficient (Wildman–Crippen LogP) is 3.10. The summed E-state index contributed by atoms with van der Waals surface area (Å²) in [5.41, 5.74) is -0.543. The topological polar surface area (TPSA) is 26.3 Å². The van der Waals surface area contributed by atoms with Gasteiger partial charge in [-0.05, 0) is 33.1 Å². The highest BCUT2D eigenvalue weighted by Gasteiger charge is 2.30. The minimum Gasteiger partial charge on any atom is -0.465 e. The second-order valence-electron chi connectivity index (χ2n) is 3.52. The van der Waals surface area contributed by atoms with Crippen LogP contribution >= 0.6 is 0 Å². The van der Waals surface area contributed by atoms with Gasteiger partial charge in [-0.2, -0.15) is 0 Å². The van der Waals surface area contributed by atoms with Crippen LogP contribution in [-0.4, -0.2) is 12.6 Å². The lowest BCUT2D eigenvalue weighted by Crippen LogP contribution is -2.27. The van der Waals surface area contributed by atoms with Crippen molar-refractivity contribution in [3.05, 3.63) is 25.3 Å². The average Bonchev–Trinajstić information content (AvgIpc) is 2.18. The number of ether oxygens (including phenoxy) is 1. The quantitative estimate of drug-likeness (QED) is 0.355. The second-order valence-corrected chi connectivity index (χ2v) is 3.52. The summed E-state index contributed by atoms with van der Waals surface area (Å²) in [5, 5.41) is 0. The molecule has 0 aliphatic carbocycles. The zero-order valence-corrected chi connectivity index (χ0v) is 9.21. The van der Waals surface area contributed by atoms with Gasteiger partial charge in [0, 0.05) is 0 Å². The third-order valence-corrected chi connectivity index (χ3v) is 2.30. The van der Waals surface area contributed by atoms with Gasteiger partial charge in [-0.15, -0.1) is 13.2 Å². The maximum Gasteiger partial charge on any atom is 0.315 e. The molecule has 0 heterocycles. The molecule has 0 saturated heterocycles. The van der Waals surface area contributed by atoms with E-state index in [-0.39, 0.29) is 5.97 Å². The van der Waals surface area contributed by atoms with Crippen molar-refractivity contribution >= 4 is 5.97 Å². The normalized spacial score (nSPS) is 14.1. The molecule has 0 N–H and O–H groups in total. The molecular formula is C12H20O2. The van der Waals surface area contributed by atoms with Crippen molar-refractivity contribution in [1.82, 2.24) is 0 Å². The first kappa shape index (κ1) is 12.9. The highest BCUT2D eigenvalue weighted by atomic mass is 16.5. The zero-order chi connectivity index (χ0) is 11.0. The van der Waals surface area contributed by atoms with Gasteiger partial charge in [0.2, 0.25) is 0 Å². The van der Waals surface area contributed by atoms with Gasteiger partial charge in [0.05, 0.1) is 12.0 Å². The van der Waals surface area contributed by atoms with Crippen LogP contribution in [0, 0.1) is 5.41 Å². The molecule has 2 heteroatoms. The number of allylic oxidation sites excluding steroid dienone is 1. The molecule has 0 aromatic rings. The Hall–Kier alpha value is -1.05. The van der Waals surface area contributed by atoms with Crippen LogP contribution in [-0.2, 0) is 9.53 Å². The van der Waals surface area contributed by atoms with E-state index in [9.17, 15) is 4.79 Å². The molecule has 80 valence electrons. The summed E-state index contributed by atoms with van der Waals surface area (Å²) >= 11 is 0. The van der Waals surface area contributed by atoms with E-state index in [0.717, 1.165) is 19.3 Å². The Labute approximate surface area is 86.6 Å². The Balaban J connectivity index is 4.22. The summed E-state index contributed by atoms with van der Waals surface area (Å²) in [6.07, 6.45) is 6.15. The molecule has 0 bridgehead atoms. The molecule has 0 spiro atoms. The van der Waals surface area contributed by atoms with Gasteiger partial charge >= 0.3 is 5.97 Å². The summed E-state index contributed by atoms with van der Waals surface area (Å²) in [4.78, 5) is 11.6. The van der Waals surface area contributed by atoms with E-state index in [1.807, 2.05) is 19.9 Å². The van der Waals surface area contributed by atoms with Gasteiger partial charge in [0.1, 0.15) is 0 Å². The van der Waals surface area contributed by atoms with E-state index in [0.29, 0.717) is 6.61 Å². The van der Waals surface area contributed by atoms with Gasteiger partial charge in [0.25, 0.3) is 0 Å². The molecule has 0 aliphatic rings. The number of rotatable bonds is 7. The fourth-order valence-corrected chi connectivity index (χ4v) is 1.20. The van der Waals surface area contributed by atoms with E-state index < -0.39 is 5.41 Å². The maximum absolute atomic E-state index is 11.6. The SMILES string of the molecule is C=CCCCC(C)(C=C)C(=O)OCC. The second kappa shape index (κ2) is 6.41. The van der Waals surface area contributed by atoms with Crippen LogP contribution in [0.3, 0.4) is 0 Å². The molecule has 1 atom stereocenters. The van der Waals surface area contributed by atoms with Gasteiger partial charge < -0.3 is 4.74 Å². The number of esters is 1. The van der Waals surface area contributed by atoms with E-state index in [4.69, 9.17) is 4.74 Å². The van der Waals surface area contributed by atoms with Crippen LogP contribution in [0.25, 0.3) is 0 Å². The lowest BCUT2D eigenvalue weighted by atomic mass is 9.85. The van der Waals surface area contributed by atoms with Crippen LogP contribution in [0.15, 0.2) is 25.3 Å². The molecule has 0 rings (SSSR count). The maximum atomic E-state index is 11.6. The van der Waals surface area contributed by atoms with Gasteiger partial charge in [-0.1, -0.05) is 12.2 Å². The van der Waals surface area contributed by atoms with E-state index >= 15 is 0 Å². The molecule has 2 nitrogen and oxygen atoms in total. The zero-order valence-electron chi connectivity index (χ0n) is 9.21. The van der Waals surface area contributed by atoms with Crippen molar-refractivity contribution in [1.29, 1.82) is 0 Å². The van der Waals surface area contributed by atoms with Crippen LogP contribution in [0.2, 0.25) is 0 Å². The molecule has 1 unspecified atom stereocenters. The number of unbranched alkanes of at least 4 members (excludes halogenated alkanes) is 1. The fourth-order valence-electron chi connectivity index (χ4n) is 1.20. The Morgan fingerprint density at radius 1 is 1.50 bits per heavy atom. The smallest absolute Gasteiger partial charge is 0.315 e. The standard InChI is InChI=1S/C12H20O2/c1-5-8-9-10-12(4,6-2)11(13)14-7-3/h5-6H,1-2,7-10H2,3-4H3. The Kier molecular flexibility index (Phi) is 5.93. The minimum atomic E-state index is -0.543. The van der Waals surface area contributed by atoms with Gasteiger partial charge in [0.15, 0.2) is 0 Å². The van der Waals surface area contributed by atoms with Crippen LogP contribution in [0.1, 0.15) is 33.1 Å². The highest BCUT2D eigenvalue weighted by molar-refractivity contribution is 5.78. The van der Waals surface area contributed by atoms with Crippen LogP contribution in [0.5, 0.6) is 0 Å². The number of carbonyl (C=O) groups excluding carboxylic acids is 1. The number of hydrogen-bond acceptors (Lipinski definition) is 2. The predicted molar refractivity (Wildman–Crippen MR) is 59.0 cm³/mol. The lowest BCUT2D eigenvalue weighted by molar-refractivity contribution is -0.151. The van der Waals surface area contributed by atoms with Crippen molar-refractivity contribution in [2.45, 2.75) is 33.1 Å². The molecule has 14 heavy (non-hydrogen) atoms. The van der Waals surface area contributed by atoms with Crippen LogP contribution < -0.4 is 0 Å². The molecule has 0 saturated carbocycles. The monoisotopic (exact) mass is 196 g/mol.